The van der Waals surface area contributed by atoms with E-state index in [4.69, 9.17) is 0 Å². The van der Waals surface area contributed by atoms with Crippen LogP contribution in [0.25, 0.3) is 0 Å². The summed E-state index contributed by atoms with van der Waals surface area (Å²) in [5, 5.41) is 3.04. The first-order valence-electron chi connectivity index (χ1n) is 8.24. The third-order valence-electron chi connectivity index (χ3n) is 4.36. The molecule has 1 aliphatic heterocycles. The molecule has 2 rings (SSSR count). The molecule has 0 aliphatic carbocycles. The Kier molecular flexibility index (Phi) is 5.51. The van der Waals surface area contributed by atoms with Gasteiger partial charge in [-0.2, -0.15) is 0 Å². The highest BCUT2D eigenvalue weighted by molar-refractivity contribution is 5.94. The molecular weight excluding hydrogens is 276 g/mol. The van der Waals surface area contributed by atoms with Gasteiger partial charge in [0.15, 0.2) is 0 Å². The summed E-state index contributed by atoms with van der Waals surface area (Å²) < 4.78 is 0. The van der Waals surface area contributed by atoms with Gasteiger partial charge in [0.05, 0.1) is 11.3 Å². The van der Waals surface area contributed by atoms with Gasteiger partial charge in [-0.05, 0) is 39.7 Å². The third-order valence-corrected chi connectivity index (χ3v) is 4.36. The first-order chi connectivity index (χ1) is 10.4. The largest absolute Gasteiger partial charge is 0.352 e. The Hall–Kier alpha value is -1.49. The van der Waals surface area contributed by atoms with Gasteiger partial charge in [0.2, 0.25) is 0 Å². The second-order valence-corrected chi connectivity index (χ2v) is 6.84. The lowest BCUT2D eigenvalue weighted by Gasteiger charge is -2.20. The molecule has 5 nitrogen and oxygen atoms in total. The van der Waals surface area contributed by atoms with Crippen molar-refractivity contribution in [2.24, 2.45) is 5.92 Å². The van der Waals surface area contributed by atoms with Crippen LogP contribution in [-0.2, 0) is 0 Å². The molecule has 1 aromatic heterocycles. The van der Waals surface area contributed by atoms with E-state index in [0.29, 0.717) is 17.5 Å². The molecule has 1 aliphatic rings. The Bertz CT molecular complexity index is 527. The highest BCUT2D eigenvalue weighted by Crippen LogP contribution is 2.18. The number of rotatable bonds is 5. The van der Waals surface area contributed by atoms with Crippen LogP contribution in [0, 0.1) is 12.8 Å². The van der Waals surface area contributed by atoms with Gasteiger partial charge in [0.1, 0.15) is 5.82 Å². The average molecular weight is 304 g/mol. The van der Waals surface area contributed by atoms with Crippen LogP contribution in [-0.4, -0.2) is 46.5 Å². The lowest BCUT2D eigenvalue weighted by Crippen LogP contribution is -2.33. The lowest BCUT2D eigenvalue weighted by molar-refractivity contribution is 0.0945. The lowest BCUT2D eigenvalue weighted by atomic mass is 10.1. The zero-order valence-corrected chi connectivity index (χ0v) is 14.4. The van der Waals surface area contributed by atoms with E-state index < -0.39 is 0 Å². The van der Waals surface area contributed by atoms with E-state index in [1.54, 1.807) is 6.20 Å². The van der Waals surface area contributed by atoms with Crippen molar-refractivity contribution >= 4 is 5.91 Å². The Morgan fingerprint density at radius 2 is 2.14 bits per heavy atom. The fourth-order valence-electron chi connectivity index (χ4n) is 2.82. The van der Waals surface area contributed by atoms with Gasteiger partial charge in [-0.15, -0.1) is 0 Å². The van der Waals surface area contributed by atoms with E-state index in [9.17, 15) is 4.79 Å². The normalized spacial score (nSPS) is 19.1. The molecule has 1 fully saturated rings. The minimum Gasteiger partial charge on any atom is -0.352 e. The predicted octanol–water partition coefficient (Wildman–Crippen LogP) is 2.37. The minimum atomic E-state index is -0.0594. The van der Waals surface area contributed by atoms with Crippen molar-refractivity contribution < 1.29 is 4.79 Å². The molecule has 0 aromatic carbocycles. The van der Waals surface area contributed by atoms with Gasteiger partial charge in [-0.3, -0.25) is 4.79 Å². The molecule has 2 heterocycles. The molecule has 0 spiro atoms. The number of amides is 1. The third kappa shape index (κ3) is 4.03. The van der Waals surface area contributed by atoms with Crippen molar-refractivity contribution in [3.8, 4) is 0 Å². The van der Waals surface area contributed by atoms with Crippen molar-refractivity contribution in [1.82, 2.24) is 20.2 Å². The maximum absolute atomic E-state index is 12.3. The molecule has 1 N–H and O–H groups in total. The van der Waals surface area contributed by atoms with E-state index >= 15 is 0 Å². The van der Waals surface area contributed by atoms with E-state index in [2.05, 4.69) is 47.9 Å². The van der Waals surface area contributed by atoms with Crippen LogP contribution in [0.2, 0.25) is 0 Å². The minimum absolute atomic E-state index is 0.0594. The quantitative estimate of drug-likeness (QED) is 0.907. The van der Waals surface area contributed by atoms with E-state index in [0.717, 1.165) is 37.6 Å². The van der Waals surface area contributed by atoms with E-state index in [1.165, 1.54) is 0 Å². The summed E-state index contributed by atoms with van der Waals surface area (Å²) in [6, 6.07) is 0.583. The Morgan fingerprint density at radius 3 is 2.68 bits per heavy atom. The summed E-state index contributed by atoms with van der Waals surface area (Å²) in [6.07, 6.45) is 2.81. The van der Waals surface area contributed by atoms with Crippen LogP contribution in [0.1, 0.15) is 61.9 Å². The summed E-state index contributed by atoms with van der Waals surface area (Å²) in [5.74, 6) is 1.55. The topological polar surface area (TPSA) is 58.1 Å². The van der Waals surface area contributed by atoms with Crippen LogP contribution in [0.15, 0.2) is 6.20 Å². The number of likely N-dealkylation sites (tertiary alicyclic amines) is 1. The molecule has 5 heteroatoms. The summed E-state index contributed by atoms with van der Waals surface area (Å²) in [5.41, 5.74) is 1.34. The van der Waals surface area contributed by atoms with Crippen LogP contribution >= 0.6 is 0 Å². The van der Waals surface area contributed by atoms with E-state index in [-0.39, 0.29) is 11.8 Å². The molecule has 1 atom stereocenters. The summed E-state index contributed by atoms with van der Waals surface area (Å²) in [7, 11) is 0. The summed E-state index contributed by atoms with van der Waals surface area (Å²) in [4.78, 5) is 23.5. The number of aryl methyl sites for hydroxylation is 1. The second-order valence-electron chi connectivity index (χ2n) is 6.84. The van der Waals surface area contributed by atoms with Crippen molar-refractivity contribution in [3.05, 3.63) is 23.3 Å². The molecule has 1 saturated heterocycles. The van der Waals surface area contributed by atoms with Crippen molar-refractivity contribution in [2.75, 3.05) is 19.6 Å². The molecule has 1 aromatic rings. The zero-order valence-electron chi connectivity index (χ0n) is 14.4. The summed E-state index contributed by atoms with van der Waals surface area (Å²) >= 11 is 0. The molecule has 1 unspecified atom stereocenters. The number of nitrogens with one attached hydrogen (secondary N) is 1. The van der Waals surface area contributed by atoms with Gasteiger partial charge < -0.3 is 10.2 Å². The molecular formula is C17H28N4O. The molecule has 0 bridgehead atoms. The van der Waals surface area contributed by atoms with Gasteiger partial charge >= 0.3 is 0 Å². The van der Waals surface area contributed by atoms with Gasteiger partial charge in [0.25, 0.3) is 5.91 Å². The number of aromatic nitrogens is 2. The predicted molar refractivity (Wildman–Crippen MR) is 88.0 cm³/mol. The zero-order chi connectivity index (χ0) is 16.3. The molecule has 0 saturated carbocycles. The van der Waals surface area contributed by atoms with Gasteiger partial charge in [-0.1, -0.05) is 13.8 Å². The molecule has 1 amide bonds. The average Bonchev–Trinajstić information content (AvgIpc) is 2.93. The fourth-order valence-corrected chi connectivity index (χ4v) is 2.82. The van der Waals surface area contributed by atoms with Gasteiger partial charge in [0, 0.05) is 31.2 Å². The number of hydrogen-bond acceptors (Lipinski definition) is 4. The number of nitrogens with zero attached hydrogens (tertiary/aromatic N) is 3. The van der Waals surface area contributed by atoms with Crippen molar-refractivity contribution in [3.63, 3.8) is 0 Å². The maximum atomic E-state index is 12.3. The van der Waals surface area contributed by atoms with Crippen LogP contribution in [0.3, 0.4) is 0 Å². The number of carbonyl (C=O) groups excluding carboxylic acids is 1. The van der Waals surface area contributed by atoms with E-state index in [1.807, 2.05) is 6.92 Å². The molecule has 122 valence electrons. The first-order valence-corrected chi connectivity index (χ1v) is 8.24. The number of hydrogen-bond donors (Lipinski definition) is 1. The second kappa shape index (κ2) is 7.18. The number of carbonyl (C=O) groups is 1. The smallest absolute Gasteiger partial charge is 0.254 e. The fraction of sp³-hybridized carbons (Fsp3) is 0.706. The highest BCUT2D eigenvalue weighted by atomic mass is 16.1. The molecule has 0 radical (unpaired) electrons. The van der Waals surface area contributed by atoms with Crippen molar-refractivity contribution in [1.29, 1.82) is 0 Å². The first kappa shape index (κ1) is 16.9. The Balaban J connectivity index is 1.90. The SMILES string of the molecule is Cc1nc(C(C)C)ncc1C(=O)NCC1CCN(C(C)C)C1. The Morgan fingerprint density at radius 1 is 1.41 bits per heavy atom. The monoisotopic (exact) mass is 304 g/mol. The Labute approximate surface area is 133 Å². The summed E-state index contributed by atoms with van der Waals surface area (Å²) in [6.45, 7) is 13.3. The van der Waals surface area contributed by atoms with Gasteiger partial charge in [-0.25, -0.2) is 9.97 Å². The van der Waals surface area contributed by atoms with Crippen LogP contribution in [0.5, 0.6) is 0 Å². The standard InChI is InChI=1S/C17H28N4O/c1-11(2)16-18-9-15(13(5)20-16)17(22)19-8-14-6-7-21(10-14)12(3)4/h9,11-12,14H,6-8,10H2,1-5H3,(H,19,22). The maximum Gasteiger partial charge on any atom is 0.254 e. The van der Waals surface area contributed by atoms with Crippen molar-refractivity contribution in [2.45, 2.75) is 53.0 Å². The highest BCUT2D eigenvalue weighted by Gasteiger charge is 2.24. The van der Waals surface area contributed by atoms with Crippen LogP contribution in [0.4, 0.5) is 0 Å². The molecule has 22 heavy (non-hydrogen) atoms. The van der Waals surface area contributed by atoms with Crippen LogP contribution < -0.4 is 5.32 Å².